The number of para-hydroxylation sites is 1. The van der Waals surface area contributed by atoms with Crippen LogP contribution in [0.5, 0.6) is 0 Å². The molecule has 1 aliphatic rings. The molecule has 0 radical (unpaired) electrons. The van der Waals surface area contributed by atoms with E-state index in [2.05, 4.69) is 15.4 Å². The van der Waals surface area contributed by atoms with Gasteiger partial charge in [0, 0.05) is 35.7 Å². The van der Waals surface area contributed by atoms with Crippen molar-refractivity contribution in [3.63, 3.8) is 0 Å². The molecule has 0 fully saturated rings. The molecule has 0 aliphatic carbocycles. The van der Waals surface area contributed by atoms with Crippen LogP contribution in [-0.2, 0) is 17.8 Å². The Labute approximate surface area is 179 Å². The second kappa shape index (κ2) is 9.27. The van der Waals surface area contributed by atoms with Crippen molar-refractivity contribution in [3.05, 3.63) is 99.7 Å². The summed E-state index contributed by atoms with van der Waals surface area (Å²) in [4.78, 5) is 8.55. The third kappa shape index (κ3) is 4.88. The van der Waals surface area contributed by atoms with Crippen molar-refractivity contribution in [1.82, 2.24) is 15.4 Å². The van der Waals surface area contributed by atoms with Gasteiger partial charge in [0.05, 0.1) is 36.2 Å². The van der Waals surface area contributed by atoms with Crippen molar-refractivity contribution < 1.29 is 4.74 Å². The van der Waals surface area contributed by atoms with Gasteiger partial charge in [0.1, 0.15) is 0 Å². The highest BCUT2D eigenvalue weighted by molar-refractivity contribution is 6.33. The van der Waals surface area contributed by atoms with Gasteiger partial charge in [-0.05, 0) is 29.3 Å². The van der Waals surface area contributed by atoms with Gasteiger partial charge < -0.3 is 10.2 Å². The molecule has 0 bridgehead atoms. The van der Waals surface area contributed by atoms with Crippen LogP contribution in [0, 0.1) is 0 Å². The molecule has 3 aromatic rings. The highest BCUT2D eigenvalue weighted by Crippen LogP contribution is 2.29. The van der Waals surface area contributed by atoms with E-state index in [9.17, 15) is 0 Å². The number of benzene rings is 2. The van der Waals surface area contributed by atoms with E-state index in [0.717, 1.165) is 28.2 Å². The van der Waals surface area contributed by atoms with E-state index in [1.54, 1.807) is 18.6 Å². The van der Waals surface area contributed by atoms with Crippen LogP contribution < -0.4 is 10.4 Å². The summed E-state index contributed by atoms with van der Waals surface area (Å²) in [6, 6.07) is 15.5. The minimum atomic E-state index is 0.452. The summed E-state index contributed by atoms with van der Waals surface area (Å²) in [6.45, 7) is 1.60. The van der Waals surface area contributed by atoms with Crippen molar-refractivity contribution in [2.75, 3.05) is 18.2 Å². The van der Waals surface area contributed by atoms with Gasteiger partial charge in [0.25, 0.3) is 0 Å². The summed E-state index contributed by atoms with van der Waals surface area (Å²) in [5.74, 6) is 0. The molecule has 0 unspecified atom stereocenters. The number of rotatable bonds is 7. The third-order valence-electron chi connectivity index (χ3n) is 4.66. The Hall–Kier alpha value is -2.60. The molecule has 0 atom stereocenters. The van der Waals surface area contributed by atoms with Gasteiger partial charge in [-0.1, -0.05) is 53.5 Å². The number of hydrazine groups is 1. The average Bonchev–Trinajstić information content (AvgIpc) is 3.13. The molecule has 0 spiro atoms. The Morgan fingerprint density at radius 2 is 1.76 bits per heavy atom. The Morgan fingerprint density at radius 1 is 0.966 bits per heavy atom. The van der Waals surface area contributed by atoms with Crippen LogP contribution >= 0.6 is 23.2 Å². The van der Waals surface area contributed by atoms with E-state index in [4.69, 9.17) is 27.9 Å². The number of anilines is 1. The Kier molecular flexibility index (Phi) is 6.30. The van der Waals surface area contributed by atoms with E-state index in [1.165, 1.54) is 0 Å². The highest BCUT2D eigenvalue weighted by Gasteiger charge is 2.24. The van der Waals surface area contributed by atoms with Gasteiger partial charge in [-0.3, -0.25) is 15.0 Å². The fourth-order valence-electron chi connectivity index (χ4n) is 3.18. The molecule has 5 nitrogen and oxygen atoms in total. The van der Waals surface area contributed by atoms with Crippen molar-refractivity contribution in [2.24, 2.45) is 0 Å². The van der Waals surface area contributed by atoms with Gasteiger partial charge in [0.2, 0.25) is 0 Å². The second-order valence-electron chi connectivity index (χ2n) is 6.69. The lowest BCUT2D eigenvalue weighted by Gasteiger charge is -2.21. The molecule has 0 amide bonds. The fraction of sp³-hybridized carbons (Fsp3) is 0.182. The van der Waals surface area contributed by atoms with Crippen LogP contribution in [0.25, 0.3) is 0 Å². The van der Waals surface area contributed by atoms with Gasteiger partial charge >= 0.3 is 0 Å². The van der Waals surface area contributed by atoms with E-state index < -0.39 is 0 Å². The largest absolute Gasteiger partial charge is 0.372 e. The zero-order chi connectivity index (χ0) is 20.1. The fourth-order valence-corrected chi connectivity index (χ4v) is 3.61. The summed E-state index contributed by atoms with van der Waals surface area (Å²) >= 11 is 12.6. The lowest BCUT2D eigenvalue weighted by Crippen LogP contribution is -2.32. The lowest BCUT2D eigenvalue weighted by atomic mass is 10.1. The van der Waals surface area contributed by atoms with Crippen LogP contribution in [0.4, 0.5) is 5.69 Å². The highest BCUT2D eigenvalue weighted by atomic mass is 35.5. The number of aromatic nitrogens is 2. The van der Waals surface area contributed by atoms with Crippen LogP contribution in [0.3, 0.4) is 0 Å². The summed E-state index contributed by atoms with van der Waals surface area (Å²) in [7, 11) is 0. The molecule has 4 rings (SSSR count). The van der Waals surface area contributed by atoms with Crippen LogP contribution in [-0.4, -0.2) is 23.1 Å². The molecule has 7 heteroatoms. The number of nitrogens with zero attached hydrogens (tertiary/aromatic N) is 3. The minimum absolute atomic E-state index is 0.452. The first kappa shape index (κ1) is 19.7. The average molecular weight is 427 g/mol. The molecule has 1 aromatic heterocycles. The van der Waals surface area contributed by atoms with E-state index in [-0.39, 0.29) is 0 Å². The zero-order valence-corrected chi connectivity index (χ0v) is 17.2. The number of halogens is 2. The lowest BCUT2D eigenvalue weighted by molar-refractivity contribution is 0.142. The summed E-state index contributed by atoms with van der Waals surface area (Å²) in [6.07, 6.45) is 5.78. The maximum Gasteiger partial charge on any atom is 0.0761 e. The molecule has 0 saturated carbocycles. The number of nitrogens with one attached hydrogen (secondary N) is 1. The monoisotopic (exact) mass is 426 g/mol. The molecule has 1 aliphatic heterocycles. The van der Waals surface area contributed by atoms with Gasteiger partial charge in [-0.25, -0.2) is 0 Å². The SMILES string of the molecule is Clc1ccccc1COCC1=C(Cc2cnccn2)NN(c2ccccc2Cl)C1. The van der Waals surface area contributed by atoms with E-state index in [1.807, 2.05) is 53.5 Å². The summed E-state index contributed by atoms with van der Waals surface area (Å²) < 4.78 is 5.99. The number of hydrogen-bond acceptors (Lipinski definition) is 5. The maximum atomic E-state index is 6.39. The summed E-state index contributed by atoms with van der Waals surface area (Å²) in [5.41, 5.74) is 8.43. The topological polar surface area (TPSA) is 50.3 Å². The number of ether oxygens (including phenoxy) is 1. The second-order valence-corrected chi connectivity index (χ2v) is 7.50. The molecule has 2 heterocycles. The van der Waals surface area contributed by atoms with Crippen molar-refractivity contribution in [1.29, 1.82) is 0 Å². The standard InChI is InChI=1S/C22H20Cl2N4O/c23-19-6-2-1-5-16(19)14-29-15-17-13-28(22-8-4-3-7-20(22)24)27-21(17)11-18-12-25-9-10-26-18/h1-10,12,27H,11,13-15H2. The van der Waals surface area contributed by atoms with Crippen molar-refractivity contribution in [3.8, 4) is 0 Å². The normalized spacial score (nSPS) is 13.7. The predicted octanol–water partition coefficient (Wildman–Crippen LogP) is 4.82. The van der Waals surface area contributed by atoms with E-state index >= 15 is 0 Å². The quantitative estimate of drug-likeness (QED) is 0.586. The van der Waals surface area contributed by atoms with E-state index in [0.29, 0.717) is 36.2 Å². The molecule has 2 aromatic carbocycles. The molecular formula is C22H20Cl2N4O. The molecule has 0 saturated heterocycles. The van der Waals surface area contributed by atoms with Crippen LogP contribution in [0.2, 0.25) is 10.0 Å². The Bertz CT molecular complexity index is 1010. The first-order chi connectivity index (χ1) is 14.2. The smallest absolute Gasteiger partial charge is 0.0761 e. The zero-order valence-electron chi connectivity index (χ0n) is 15.7. The first-order valence-corrected chi connectivity index (χ1v) is 10.0. The maximum absolute atomic E-state index is 6.39. The number of allylic oxidation sites excluding steroid dienone is 1. The minimum Gasteiger partial charge on any atom is -0.372 e. The molecular weight excluding hydrogens is 407 g/mol. The number of hydrogen-bond donors (Lipinski definition) is 1. The van der Waals surface area contributed by atoms with Gasteiger partial charge in [-0.15, -0.1) is 0 Å². The molecule has 1 N–H and O–H groups in total. The summed E-state index contributed by atoms with van der Waals surface area (Å²) in [5, 5.41) is 3.43. The van der Waals surface area contributed by atoms with Crippen LogP contribution in [0.1, 0.15) is 11.3 Å². The first-order valence-electron chi connectivity index (χ1n) is 9.26. The third-order valence-corrected chi connectivity index (χ3v) is 5.34. The van der Waals surface area contributed by atoms with Gasteiger partial charge in [-0.2, -0.15) is 0 Å². The predicted molar refractivity (Wildman–Crippen MR) is 116 cm³/mol. The molecule has 148 valence electrons. The Morgan fingerprint density at radius 3 is 2.52 bits per heavy atom. The van der Waals surface area contributed by atoms with Crippen molar-refractivity contribution in [2.45, 2.75) is 13.0 Å². The molecule has 29 heavy (non-hydrogen) atoms. The van der Waals surface area contributed by atoms with Crippen molar-refractivity contribution >= 4 is 28.9 Å². The van der Waals surface area contributed by atoms with Crippen LogP contribution in [0.15, 0.2) is 78.4 Å². The Balaban J connectivity index is 1.50. The van der Waals surface area contributed by atoms with Gasteiger partial charge in [0.15, 0.2) is 0 Å².